The number of fused-ring (bicyclic) bond motifs is 4. The Balaban J connectivity index is 0.00000368. The minimum atomic E-state index is -1.91. The van der Waals surface area contributed by atoms with E-state index in [0.717, 1.165) is 6.07 Å². The van der Waals surface area contributed by atoms with Gasteiger partial charge < -0.3 is 20.4 Å². The molecule has 8 bridgehead atoms. The van der Waals surface area contributed by atoms with E-state index in [1.807, 2.05) is 12.2 Å². The first-order valence-electron chi connectivity index (χ1n) is 12.2. The van der Waals surface area contributed by atoms with Gasteiger partial charge in [0.25, 0.3) is 0 Å². The first kappa shape index (κ1) is 29.0. The molecule has 43 heavy (non-hydrogen) atoms. The van der Waals surface area contributed by atoms with Crippen LogP contribution in [0.3, 0.4) is 0 Å². The molecule has 1 aromatic carbocycles. The Morgan fingerprint density at radius 2 is 0.953 bits per heavy atom. The number of carboxylic acids is 4. The number of allylic oxidation sites excluding steroid dienone is 12. The molecule has 5 aliphatic rings. The van der Waals surface area contributed by atoms with Crippen molar-refractivity contribution in [3.63, 3.8) is 0 Å². The van der Waals surface area contributed by atoms with Gasteiger partial charge in [0.05, 0.1) is 67.9 Å². The van der Waals surface area contributed by atoms with Crippen LogP contribution >= 0.6 is 0 Å². The largest absolute Gasteiger partial charge is 0.478 e. The molecule has 0 spiro atoms. The lowest BCUT2D eigenvalue weighted by Crippen LogP contribution is -2.22. The van der Waals surface area contributed by atoms with Crippen molar-refractivity contribution in [3.05, 3.63) is 124 Å². The Kier molecular flexibility index (Phi) is 7.44. The van der Waals surface area contributed by atoms with Gasteiger partial charge in [-0.2, -0.15) is 0 Å². The van der Waals surface area contributed by atoms with Crippen LogP contribution in [0.25, 0.3) is 5.57 Å². The molecule has 5 aliphatic heterocycles. The van der Waals surface area contributed by atoms with E-state index in [2.05, 4.69) is 20.0 Å². The lowest BCUT2D eigenvalue weighted by Gasteiger charge is -2.15. The zero-order valence-electron chi connectivity index (χ0n) is 21.1. The van der Waals surface area contributed by atoms with E-state index in [9.17, 15) is 39.6 Å². The van der Waals surface area contributed by atoms with Crippen LogP contribution in [0.5, 0.6) is 0 Å². The summed E-state index contributed by atoms with van der Waals surface area (Å²) < 4.78 is 0. The van der Waals surface area contributed by atoms with Crippen LogP contribution < -0.4 is 0 Å². The molecule has 5 heterocycles. The number of hydrogen-bond acceptors (Lipinski definition) is 8. The maximum absolute atomic E-state index is 12.4. The highest BCUT2D eigenvalue weighted by atomic mass is 24.3. The van der Waals surface area contributed by atoms with Crippen LogP contribution in [-0.2, 0) is 0 Å². The molecule has 4 N–H and O–H groups in total. The highest BCUT2D eigenvalue weighted by molar-refractivity contribution is 6.34. The molecule has 0 aliphatic carbocycles. The van der Waals surface area contributed by atoms with Gasteiger partial charge in [-0.15, -0.1) is 0 Å². The van der Waals surface area contributed by atoms with Gasteiger partial charge in [-0.25, -0.2) is 39.1 Å². The number of aliphatic imine (C=N–C) groups is 4. The smallest absolute Gasteiger partial charge is 0.337 e. The van der Waals surface area contributed by atoms with E-state index in [0.29, 0.717) is 39.9 Å². The molecule has 12 nitrogen and oxygen atoms in total. The van der Waals surface area contributed by atoms with Crippen molar-refractivity contribution in [2.24, 2.45) is 20.0 Å². The van der Waals surface area contributed by atoms with Gasteiger partial charge in [0.15, 0.2) is 0 Å². The zero-order valence-corrected chi connectivity index (χ0v) is 21.1. The van der Waals surface area contributed by atoms with Crippen molar-refractivity contribution in [3.8, 4) is 0 Å². The van der Waals surface area contributed by atoms with E-state index in [1.54, 1.807) is 42.5 Å². The van der Waals surface area contributed by atoms with Crippen LogP contribution in [-0.4, -0.2) is 90.2 Å². The van der Waals surface area contributed by atoms with Crippen molar-refractivity contribution in [2.75, 3.05) is 0 Å². The molecule has 0 amide bonds. The summed E-state index contributed by atoms with van der Waals surface area (Å²) in [5, 5.41) is 39.4. The molecule has 208 valence electrons. The average Bonchev–Trinajstić information content (AvgIpc) is 3.72. The summed E-state index contributed by atoms with van der Waals surface area (Å²) in [7, 11) is 0. The Morgan fingerprint density at radius 1 is 0.488 bits per heavy atom. The summed E-state index contributed by atoms with van der Waals surface area (Å²) >= 11 is 0. The van der Waals surface area contributed by atoms with Crippen LogP contribution in [0.15, 0.2) is 116 Å². The minimum absolute atomic E-state index is 0. The van der Waals surface area contributed by atoms with Gasteiger partial charge in [-0.05, 0) is 72.9 Å². The Labute approximate surface area is 257 Å². The predicted molar refractivity (Wildman–Crippen MR) is 160 cm³/mol. The second-order valence-corrected chi connectivity index (χ2v) is 9.26. The minimum Gasteiger partial charge on any atom is -0.478 e. The second kappa shape index (κ2) is 11.0. The molecule has 1 aromatic rings. The van der Waals surface area contributed by atoms with Gasteiger partial charge in [0, 0.05) is 11.1 Å². The zero-order chi connectivity index (χ0) is 29.7. The van der Waals surface area contributed by atoms with Crippen LogP contribution in [0.2, 0.25) is 0 Å². The normalized spacial score (nSPS) is 17.4. The maximum atomic E-state index is 12.4. The molecule has 0 saturated heterocycles. The van der Waals surface area contributed by atoms with Crippen molar-refractivity contribution < 1.29 is 39.6 Å². The molecule has 0 saturated carbocycles. The van der Waals surface area contributed by atoms with Crippen LogP contribution in [0.4, 0.5) is 0 Å². The fraction of sp³-hybridized carbons (Fsp3) is 0. The third-order valence-electron chi connectivity index (χ3n) is 6.53. The summed E-state index contributed by atoms with van der Waals surface area (Å²) in [4.78, 5) is 66.8. The van der Waals surface area contributed by atoms with Gasteiger partial charge in [-0.3, -0.25) is 0 Å². The summed E-state index contributed by atoms with van der Waals surface area (Å²) in [5.74, 6) is -7.32. The Hall–Kier alpha value is -5.53. The molecule has 0 fully saturated rings. The standard InChI is InChI=1S/C30H16N4O8.Mg.2H/c35-27(36)22-12-21(24(28(37)38)26(30(41)42)25(22)29(39)40)20-10-19-9-17-4-3-15(32-17)7-13-1-2-14(31-13)8-16-5-6-18(33-16)11-23(20)34-19;;;/h1-12H,(H,35,36)(H,37,38)(H,39,40)(H,41,42);;;. The van der Waals surface area contributed by atoms with Gasteiger partial charge in [0.1, 0.15) is 0 Å². The van der Waals surface area contributed by atoms with E-state index in [1.165, 1.54) is 12.2 Å². The number of carbonyl (C=O) groups is 4. The van der Waals surface area contributed by atoms with Gasteiger partial charge >= 0.3 is 46.9 Å². The topological polar surface area (TPSA) is 199 Å². The molecule has 0 aromatic heterocycles. The molecule has 0 atom stereocenters. The highest BCUT2D eigenvalue weighted by Crippen LogP contribution is 2.35. The summed E-state index contributed by atoms with van der Waals surface area (Å²) in [6.45, 7) is 0. The molecule has 13 heteroatoms. The molecule has 0 radical (unpaired) electrons. The number of nitrogens with zero attached hydrogens (tertiary/aromatic N) is 4. The lowest BCUT2D eigenvalue weighted by atomic mass is 9.86. The molecular weight excluding hydrogens is 569 g/mol. The third-order valence-corrected chi connectivity index (χ3v) is 6.53. The monoisotopic (exact) mass is 586 g/mol. The van der Waals surface area contributed by atoms with E-state index >= 15 is 0 Å². The number of aromatic carboxylic acids is 4. The van der Waals surface area contributed by atoms with Crippen molar-refractivity contribution in [2.45, 2.75) is 0 Å². The Morgan fingerprint density at radius 3 is 1.42 bits per heavy atom. The number of rotatable bonds is 5. The van der Waals surface area contributed by atoms with Gasteiger partial charge in [0.2, 0.25) is 0 Å². The fourth-order valence-electron chi connectivity index (χ4n) is 4.84. The maximum Gasteiger partial charge on any atom is 0.337 e. The first-order chi connectivity index (χ1) is 20.1. The average molecular weight is 587 g/mol. The first-order valence-corrected chi connectivity index (χ1v) is 12.2. The molecular formula is C30H18MgN4O8. The van der Waals surface area contributed by atoms with Gasteiger partial charge in [-0.1, -0.05) is 0 Å². The van der Waals surface area contributed by atoms with Crippen LogP contribution in [0.1, 0.15) is 47.0 Å². The number of carboxylic acid groups (broad SMARTS) is 4. The van der Waals surface area contributed by atoms with Crippen molar-refractivity contribution in [1.82, 2.24) is 0 Å². The van der Waals surface area contributed by atoms with E-state index < -0.39 is 46.1 Å². The summed E-state index contributed by atoms with van der Waals surface area (Å²) in [6, 6.07) is 0.839. The van der Waals surface area contributed by atoms with Crippen molar-refractivity contribution in [1.29, 1.82) is 0 Å². The fourth-order valence-corrected chi connectivity index (χ4v) is 4.84. The predicted octanol–water partition coefficient (Wildman–Crippen LogP) is 2.98. The number of hydrogen-bond donors (Lipinski definition) is 4. The summed E-state index contributed by atoms with van der Waals surface area (Å²) in [5.41, 5.74) is -0.452. The molecule has 0 unspecified atom stereocenters. The van der Waals surface area contributed by atoms with Crippen LogP contribution in [0, 0.1) is 0 Å². The summed E-state index contributed by atoms with van der Waals surface area (Å²) in [6.07, 6.45) is 18.7. The highest BCUT2D eigenvalue weighted by Gasteiger charge is 2.35. The van der Waals surface area contributed by atoms with Crippen molar-refractivity contribution >= 4 is 75.3 Å². The lowest BCUT2D eigenvalue weighted by molar-refractivity contribution is 0.0619. The van der Waals surface area contributed by atoms with E-state index in [4.69, 9.17) is 0 Å². The SMILES string of the molecule is O=C(O)c1cc(C2=CC3=CC4=NC(=CC5=NC(=CC6=NC(=CC2=N3)C=C6)C=C5)C=C4)c(C(=O)O)c(C(=O)O)c1C(=O)O.[MgH2]. The Bertz CT molecular complexity index is 1980. The van der Waals surface area contributed by atoms with E-state index in [-0.39, 0.29) is 39.9 Å². The molecule has 6 rings (SSSR count). The number of benzene rings is 1. The quantitative estimate of drug-likeness (QED) is 0.377. The second-order valence-electron chi connectivity index (χ2n) is 9.26. The third kappa shape index (κ3) is 5.41.